The summed E-state index contributed by atoms with van der Waals surface area (Å²) in [4.78, 5) is 31.0. The van der Waals surface area contributed by atoms with Gasteiger partial charge in [-0.05, 0) is 102 Å². The van der Waals surface area contributed by atoms with Gasteiger partial charge in [-0.15, -0.1) is 11.3 Å². The van der Waals surface area contributed by atoms with Crippen LogP contribution < -0.4 is 5.32 Å². The van der Waals surface area contributed by atoms with Gasteiger partial charge in [-0.3, -0.25) is 9.59 Å². The number of benzene rings is 1. The van der Waals surface area contributed by atoms with Crippen LogP contribution in [0.15, 0.2) is 22.8 Å². The molecule has 2 saturated carbocycles. The topological polar surface area (TPSA) is 79.3 Å². The minimum atomic E-state index is -0.264. The molecule has 0 spiro atoms. The third-order valence-electron chi connectivity index (χ3n) is 8.25. The number of hydrogen-bond acceptors (Lipinski definition) is 5. The van der Waals surface area contributed by atoms with Crippen LogP contribution in [-0.2, 0) is 16.0 Å². The smallest absolute Gasteiger partial charge is 0.226 e. The summed E-state index contributed by atoms with van der Waals surface area (Å²) in [5.74, 6) is 2.14. The van der Waals surface area contributed by atoms with Gasteiger partial charge >= 0.3 is 0 Å². The molecular formula is C25H29BrN2O3S. The van der Waals surface area contributed by atoms with Crippen molar-refractivity contribution in [3.05, 3.63) is 38.8 Å². The Morgan fingerprint density at radius 3 is 2.94 bits per heavy atom. The number of thiazole rings is 1. The van der Waals surface area contributed by atoms with Crippen LogP contribution in [0.25, 0.3) is 0 Å². The van der Waals surface area contributed by atoms with Gasteiger partial charge in [0.15, 0.2) is 5.13 Å². The number of Topliss-reactive ketones (excluding diaryl/α,β-unsaturated/α-hetero) is 1. The number of carbonyl (C=O) groups is 2. The number of hydrogen-bond donors (Lipinski definition) is 2. The quantitative estimate of drug-likeness (QED) is 0.522. The van der Waals surface area contributed by atoms with Crippen LogP contribution in [0.4, 0.5) is 5.13 Å². The van der Waals surface area contributed by atoms with Crippen molar-refractivity contribution in [2.75, 3.05) is 5.32 Å². The van der Waals surface area contributed by atoms with Gasteiger partial charge in [0.25, 0.3) is 0 Å². The summed E-state index contributed by atoms with van der Waals surface area (Å²) in [6.07, 6.45) is 7.46. The van der Waals surface area contributed by atoms with Gasteiger partial charge in [0, 0.05) is 29.3 Å². The zero-order chi connectivity index (χ0) is 22.6. The molecule has 5 unspecified atom stereocenters. The molecular weight excluding hydrogens is 488 g/mol. The van der Waals surface area contributed by atoms with Crippen molar-refractivity contribution in [3.8, 4) is 5.75 Å². The van der Waals surface area contributed by atoms with E-state index in [0.29, 0.717) is 47.3 Å². The lowest BCUT2D eigenvalue weighted by Crippen LogP contribution is -2.44. The highest BCUT2D eigenvalue weighted by atomic mass is 79.9. The Bertz CT molecular complexity index is 1080. The molecule has 1 amide bonds. The highest BCUT2D eigenvalue weighted by Crippen LogP contribution is 2.62. The van der Waals surface area contributed by atoms with E-state index in [0.717, 1.165) is 41.5 Å². The van der Waals surface area contributed by atoms with Crippen molar-refractivity contribution in [3.63, 3.8) is 0 Å². The fraction of sp³-hybridized carbons (Fsp3) is 0.560. The number of phenols is 1. The van der Waals surface area contributed by atoms with Crippen LogP contribution in [-0.4, -0.2) is 21.8 Å². The zero-order valence-corrected chi connectivity index (χ0v) is 20.9. The minimum Gasteiger partial charge on any atom is -0.507 e. The normalized spacial score (nSPS) is 31.0. The Hall–Kier alpha value is -1.73. The van der Waals surface area contributed by atoms with Gasteiger partial charge in [0.1, 0.15) is 11.5 Å². The second-order valence-electron chi connectivity index (χ2n) is 10.0. The molecule has 0 bridgehead atoms. The van der Waals surface area contributed by atoms with Crippen molar-refractivity contribution in [2.24, 2.45) is 23.2 Å². The molecule has 2 aromatic rings. The van der Waals surface area contributed by atoms with E-state index in [-0.39, 0.29) is 17.2 Å². The fourth-order valence-corrected chi connectivity index (χ4v) is 7.86. The predicted octanol–water partition coefficient (Wildman–Crippen LogP) is 5.99. The second kappa shape index (κ2) is 8.24. The Morgan fingerprint density at radius 2 is 2.19 bits per heavy atom. The molecule has 32 heavy (non-hydrogen) atoms. The number of carbonyl (C=O) groups excluding carboxylic acids is 2. The van der Waals surface area contributed by atoms with Crippen LogP contribution in [0.3, 0.4) is 0 Å². The number of phenolic OH excluding ortho intramolecular Hbond substituents is 1. The highest BCUT2D eigenvalue weighted by molar-refractivity contribution is 9.10. The highest BCUT2D eigenvalue weighted by Gasteiger charge is 2.58. The monoisotopic (exact) mass is 516 g/mol. The first-order chi connectivity index (χ1) is 15.3. The van der Waals surface area contributed by atoms with Crippen LogP contribution in [0, 0.1) is 30.1 Å². The van der Waals surface area contributed by atoms with Gasteiger partial charge in [-0.25, -0.2) is 4.98 Å². The van der Waals surface area contributed by atoms with E-state index in [1.807, 2.05) is 13.0 Å². The van der Waals surface area contributed by atoms with Crippen LogP contribution in [0.1, 0.15) is 67.4 Å². The third-order valence-corrected chi connectivity index (χ3v) is 9.71. The number of anilines is 1. The Morgan fingerprint density at radius 1 is 1.38 bits per heavy atom. The molecule has 3 aliphatic carbocycles. The number of rotatable bonds is 4. The lowest BCUT2D eigenvalue weighted by Gasteiger charge is -2.50. The van der Waals surface area contributed by atoms with Crippen molar-refractivity contribution in [1.82, 2.24) is 4.98 Å². The van der Waals surface area contributed by atoms with Crippen LogP contribution >= 0.6 is 27.3 Å². The number of fused-ring (bicyclic) bond motifs is 5. The maximum Gasteiger partial charge on any atom is 0.226 e. The summed E-state index contributed by atoms with van der Waals surface area (Å²) in [7, 11) is 0. The molecule has 7 heteroatoms. The number of amides is 1. The molecule has 170 valence electrons. The zero-order valence-electron chi connectivity index (χ0n) is 18.5. The van der Waals surface area contributed by atoms with E-state index < -0.39 is 0 Å². The maximum atomic E-state index is 13.1. The van der Waals surface area contributed by atoms with Crippen molar-refractivity contribution in [1.29, 1.82) is 0 Å². The SMILES string of the molecule is Cc1cnc(NC(=O)CCC2CC(=O)C3(C)CCC4c5cc(Br)c(O)cc5CCC4C23)s1. The first-order valence-electron chi connectivity index (χ1n) is 11.5. The summed E-state index contributed by atoms with van der Waals surface area (Å²) in [6.45, 7) is 4.15. The molecule has 5 rings (SSSR count). The molecule has 1 heterocycles. The van der Waals surface area contributed by atoms with Crippen molar-refractivity contribution < 1.29 is 14.7 Å². The molecule has 5 atom stereocenters. The summed E-state index contributed by atoms with van der Waals surface area (Å²) in [6, 6.07) is 4.00. The Balaban J connectivity index is 1.35. The molecule has 3 aliphatic rings. The molecule has 0 radical (unpaired) electrons. The number of halogens is 1. The third kappa shape index (κ3) is 3.71. The molecule has 0 saturated heterocycles. The molecule has 2 N–H and O–H groups in total. The van der Waals surface area contributed by atoms with E-state index >= 15 is 0 Å². The molecule has 5 nitrogen and oxygen atoms in total. The fourth-order valence-electron chi connectivity index (χ4n) is 6.82. The van der Waals surface area contributed by atoms with E-state index in [4.69, 9.17) is 0 Å². The molecule has 2 fully saturated rings. The number of nitrogens with one attached hydrogen (secondary N) is 1. The second-order valence-corrected chi connectivity index (χ2v) is 12.1. The lowest BCUT2D eigenvalue weighted by atomic mass is 9.54. The average Bonchev–Trinajstić information content (AvgIpc) is 3.27. The number of nitrogens with zero attached hydrogens (tertiary/aromatic N) is 1. The van der Waals surface area contributed by atoms with E-state index in [2.05, 4.69) is 39.2 Å². The largest absolute Gasteiger partial charge is 0.507 e. The van der Waals surface area contributed by atoms with Gasteiger partial charge in [0.05, 0.1) is 4.47 Å². The van der Waals surface area contributed by atoms with Crippen molar-refractivity contribution >= 4 is 44.1 Å². The average molecular weight is 517 g/mol. The molecule has 1 aromatic heterocycles. The minimum absolute atomic E-state index is 0.0128. The van der Waals surface area contributed by atoms with Gasteiger partial charge < -0.3 is 10.4 Å². The standard InChI is InChI=1S/C25H29BrN2O3S/c1-13-12-27-24(32-13)28-22(31)6-4-15-10-21(30)25(2)8-7-16-17(23(15)25)5-3-14-9-20(29)19(26)11-18(14)16/h9,11-12,15-17,23,29H,3-8,10H2,1-2H3,(H,27,28,31). The first-order valence-corrected chi connectivity index (χ1v) is 13.1. The molecule has 0 aliphatic heterocycles. The Labute approximate surface area is 201 Å². The van der Waals surface area contributed by atoms with E-state index in [1.165, 1.54) is 22.5 Å². The van der Waals surface area contributed by atoms with Gasteiger partial charge in [-0.1, -0.05) is 6.92 Å². The van der Waals surface area contributed by atoms with Gasteiger partial charge in [0.2, 0.25) is 5.91 Å². The number of aryl methyl sites for hydroxylation is 2. The first kappa shape index (κ1) is 22.1. The summed E-state index contributed by atoms with van der Waals surface area (Å²) >= 11 is 4.98. The maximum absolute atomic E-state index is 13.1. The van der Waals surface area contributed by atoms with E-state index in [9.17, 15) is 14.7 Å². The van der Waals surface area contributed by atoms with Crippen LogP contribution in [0.2, 0.25) is 0 Å². The van der Waals surface area contributed by atoms with E-state index in [1.54, 1.807) is 6.20 Å². The summed E-state index contributed by atoms with van der Waals surface area (Å²) < 4.78 is 0.748. The predicted molar refractivity (Wildman–Crippen MR) is 129 cm³/mol. The number of aromatic nitrogens is 1. The molecule has 1 aromatic carbocycles. The number of ketones is 1. The van der Waals surface area contributed by atoms with Crippen LogP contribution in [0.5, 0.6) is 5.75 Å². The Kier molecular flexibility index (Phi) is 5.69. The van der Waals surface area contributed by atoms with Crippen molar-refractivity contribution in [2.45, 2.75) is 64.7 Å². The van der Waals surface area contributed by atoms with Gasteiger partial charge in [-0.2, -0.15) is 0 Å². The number of aromatic hydroxyl groups is 1. The summed E-state index contributed by atoms with van der Waals surface area (Å²) in [5, 5.41) is 13.7. The summed E-state index contributed by atoms with van der Waals surface area (Å²) in [5.41, 5.74) is 2.32. The lowest BCUT2D eigenvalue weighted by molar-refractivity contribution is -0.129.